The van der Waals surface area contributed by atoms with Gasteiger partial charge in [0.15, 0.2) is 0 Å². The Kier molecular flexibility index (Phi) is 5.51. The molecule has 2 aliphatic rings. The van der Waals surface area contributed by atoms with Gasteiger partial charge in [-0.25, -0.2) is 4.98 Å². The smallest absolute Gasteiger partial charge is 0.234 e. The predicted octanol–water partition coefficient (Wildman–Crippen LogP) is 1.40. The van der Waals surface area contributed by atoms with Crippen LogP contribution < -0.4 is 5.32 Å². The minimum absolute atomic E-state index is 0.0333. The molecule has 28 heavy (non-hydrogen) atoms. The van der Waals surface area contributed by atoms with E-state index >= 15 is 0 Å². The van der Waals surface area contributed by atoms with Crippen molar-refractivity contribution in [2.24, 2.45) is 11.3 Å². The van der Waals surface area contributed by atoms with E-state index in [1.165, 1.54) is 5.56 Å². The Hall–Kier alpha value is -1.80. The van der Waals surface area contributed by atoms with E-state index in [1.807, 2.05) is 36.6 Å². The van der Waals surface area contributed by atoms with E-state index in [0.29, 0.717) is 19.6 Å². The lowest BCUT2D eigenvalue weighted by Crippen LogP contribution is -2.36. The Labute approximate surface area is 170 Å². The molecule has 4 rings (SSSR count). The molecule has 1 spiro atoms. The third kappa shape index (κ3) is 3.72. The molecule has 2 heterocycles. The van der Waals surface area contributed by atoms with E-state index < -0.39 is 6.10 Å². The Morgan fingerprint density at radius 1 is 1.39 bits per heavy atom. The number of aliphatic hydroxyl groups excluding tert-OH is 1. The summed E-state index contributed by atoms with van der Waals surface area (Å²) in [6.07, 6.45) is 1.43. The van der Waals surface area contributed by atoms with Crippen molar-refractivity contribution >= 4 is 17.2 Å². The molecular weight excluding hydrogens is 372 g/mol. The third-order valence-electron chi connectivity index (χ3n) is 6.09. The number of hydrogen-bond donors (Lipinski definition) is 2. The van der Waals surface area contributed by atoms with Crippen molar-refractivity contribution in [3.8, 4) is 0 Å². The van der Waals surface area contributed by atoms with Gasteiger partial charge in [-0.1, -0.05) is 30.3 Å². The fraction of sp³-hybridized carbons (Fsp3) is 0.524. The van der Waals surface area contributed by atoms with Gasteiger partial charge in [0.25, 0.3) is 0 Å². The fourth-order valence-corrected chi connectivity index (χ4v) is 5.56. The van der Waals surface area contributed by atoms with Gasteiger partial charge in [-0.15, -0.1) is 11.3 Å². The van der Waals surface area contributed by atoms with Crippen LogP contribution in [0.25, 0.3) is 0 Å². The van der Waals surface area contributed by atoms with Crippen molar-refractivity contribution in [1.29, 1.82) is 0 Å². The number of rotatable bonds is 7. The maximum absolute atomic E-state index is 12.2. The van der Waals surface area contributed by atoms with Crippen LogP contribution in [0.2, 0.25) is 0 Å². The summed E-state index contributed by atoms with van der Waals surface area (Å²) < 4.78 is 0. The zero-order valence-corrected chi connectivity index (χ0v) is 17.2. The van der Waals surface area contributed by atoms with Gasteiger partial charge in [-0.05, 0) is 31.5 Å². The number of carbonyl (C=O) groups excluding carboxylic acids is 1. The highest BCUT2D eigenvalue weighted by atomic mass is 32.1. The zero-order chi connectivity index (χ0) is 19.7. The number of likely N-dealkylation sites (tertiary alicyclic amines) is 1. The molecule has 1 saturated carbocycles. The molecule has 0 unspecified atom stereocenters. The number of likely N-dealkylation sites (N-methyl/N-ethyl adjacent to an activating group) is 1. The molecule has 1 amide bonds. The van der Waals surface area contributed by atoms with E-state index in [1.54, 1.807) is 11.3 Å². The molecule has 1 aromatic carbocycles. The van der Waals surface area contributed by atoms with Gasteiger partial charge in [0.2, 0.25) is 5.91 Å². The third-order valence-corrected chi connectivity index (χ3v) is 6.86. The van der Waals surface area contributed by atoms with Crippen molar-refractivity contribution in [3.05, 3.63) is 52.5 Å². The SMILES string of the molecule is CN(C)CC(=O)NC[C@@H]1[C@@H](c2ccccc2)[C@]12CN(Cc1nccs1)C[C@@H]2O. The summed E-state index contributed by atoms with van der Waals surface area (Å²) in [5.41, 5.74) is 1.06. The molecule has 1 saturated heterocycles. The molecule has 1 aliphatic heterocycles. The summed E-state index contributed by atoms with van der Waals surface area (Å²) >= 11 is 1.65. The normalized spacial score (nSPS) is 29.5. The van der Waals surface area contributed by atoms with E-state index in [4.69, 9.17) is 0 Å². The second kappa shape index (κ2) is 7.91. The van der Waals surface area contributed by atoms with Crippen LogP contribution in [-0.4, -0.2) is 72.2 Å². The van der Waals surface area contributed by atoms with Crippen molar-refractivity contribution in [1.82, 2.24) is 20.1 Å². The summed E-state index contributed by atoms with van der Waals surface area (Å²) in [7, 11) is 3.78. The molecule has 6 nitrogen and oxygen atoms in total. The van der Waals surface area contributed by atoms with E-state index in [2.05, 4.69) is 39.5 Å². The molecule has 150 valence electrons. The second-order valence-electron chi connectivity index (χ2n) is 8.26. The van der Waals surface area contributed by atoms with Gasteiger partial charge < -0.3 is 15.3 Å². The lowest BCUT2D eigenvalue weighted by Gasteiger charge is -2.16. The molecule has 2 fully saturated rings. The van der Waals surface area contributed by atoms with Gasteiger partial charge in [-0.2, -0.15) is 0 Å². The summed E-state index contributed by atoms with van der Waals surface area (Å²) in [6, 6.07) is 10.4. The minimum Gasteiger partial charge on any atom is -0.391 e. The van der Waals surface area contributed by atoms with Crippen molar-refractivity contribution in [2.45, 2.75) is 18.6 Å². The largest absolute Gasteiger partial charge is 0.391 e. The number of nitrogens with one attached hydrogen (secondary N) is 1. The topological polar surface area (TPSA) is 68.7 Å². The van der Waals surface area contributed by atoms with Gasteiger partial charge >= 0.3 is 0 Å². The molecule has 2 aromatic rings. The van der Waals surface area contributed by atoms with Gasteiger partial charge in [0.05, 0.1) is 19.2 Å². The maximum atomic E-state index is 12.2. The average molecular weight is 401 g/mol. The van der Waals surface area contributed by atoms with Crippen LogP contribution in [0.3, 0.4) is 0 Å². The Bertz CT molecular complexity index is 798. The molecule has 0 radical (unpaired) electrons. The number of benzene rings is 1. The van der Waals surface area contributed by atoms with E-state index in [-0.39, 0.29) is 23.2 Å². The number of carbonyl (C=O) groups is 1. The van der Waals surface area contributed by atoms with Crippen molar-refractivity contribution < 1.29 is 9.90 Å². The van der Waals surface area contributed by atoms with Crippen LogP contribution in [0, 0.1) is 11.3 Å². The molecular formula is C21H28N4O2S. The lowest BCUT2D eigenvalue weighted by atomic mass is 9.95. The zero-order valence-electron chi connectivity index (χ0n) is 16.4. The van der Waals surface area contributed by atoms with Crippen LogP contribution in [0.15, 0.2) is 41.9 Å². The first-order valence-corrected chi connectivity index (χ1v) is 10.6. The van der Waals surface area contributed by atoms with Crippen molar-refractivity contribution in [2.75, 3.05) is 40.3 Å². The standard InChI is InChI=1S/C21H28N4O2S/c1-24(2)12-18(27)23-10-16-20(15-6-4-3-5-7-15)21(16)14-25(11-17(21)26)13-19-22-8-9-28-19/h3-9,16-17,20,26H,10-14H2,1-2H3,(H,23,27)/t16-,17+,20-,21-/m1/s1. The number of β-amino-alcohol motifs (C(OH)–C–C–N with tert-alkyl or cyclic N) is 1. The number of nitrogens with zero attached hydrogens (tertiary/aromatic N) is 3. The highest BCUT2D eigenvalue weighted by molar-refractivity contribution is 7.09. The van der Waals surface area contributed by atoms with Gasteiger partial charge in [0.1, 0.15) is 5.01 Å². The molecule has 1 aliphatic carbocycles. The summed E-state index contributed by atoms with van der Waals surface area (Å²) in [6.45, 7) is 3.26. The monoisotopic (exact) mass is 400 g/mol. The second-order valence-corrected chi connectivity index (χ2v) is 9.24. The molecule has 0 bridgehead atoms. The average Bonchev–Trinajstić information content (AvgIpc) is 2.93. The number of aromatic nitrogens is 1. The summed E-state index contributed by atoms with van der Waals surface area (Å²) in [5, 5.41) is 17.2. The van der Waals surface area contributed by atoms with Crippen LogP contribution in [-0.2, 0) is 11.3 Å². The first kappa shape index (κ1) is 19.5. The van der Waals surface area contributed by atoms with Crippen LogP contribution in [0.5, 0.6) is 0 Å². The first-order chi connectivity index (χ1) is 13.5. The number of hydrogen-bond acceptors (Lipinski definition) is 6. The number of amides is 1. The summed E-state index contributed by atoms with van der Waals surface area (Å²) in [5.74, 6) is 0.549. The molecule has 7 heteroatoms. The quantitative estimate of drug-likeness (QED) is 0.735. The molecule has 1 aromatic heterocycles. The Morgan fingerprint density at radius 3 is 2.86 bits per heavy atom. The first-order valence-electron chi connectivity index (χ1n) is 9.76. The Balaban J connectivity index is 1.50. The van der Waals surface area contributed by atoms with Gasteiger partial charge in [-0.3, -0.25) is 9.69 Å². The number of aliphatic hydroxyl groups is 1. The fourth-order valence-electron chi connectivity index (χ4n) is 4.90. The lowest BCUT2D eigenvalue weighted by molar-refractivity contribution is -0.121. The minimum atomic E-state index is -0.395. The summed E-state index contributed by atoms with van der Waals surface area (Å²) in [4.78, 5) is 20.7. The van der Waals surface area contributed by atoms with Crippen LogP contribution >= 0.6 is 11.3 Å². The Morgan fingerprint density at radius 2 is 2.18 bits per heavy atom. The predicted molar refractivity (Wildman–Crippen MR) is 110 cm³/mol. The van der Waals surface area contributed by atoms with Gasteiger partial charge in [0, 0.05) is 36.6 Å². The maximum Gasteiger partial charge on any atom is 0.234 e. The van der Waals surface area contributed by atoms with E-state index in [0.717, 1.165) is 18.1 Å². The van der Waals surface area contributed by atoms with Crippen LogP contribution in [0.1, 0.15) is 16.5 Å². The van der Waals surface area contributed by atoms with Crippen molar-refractivity contribution in [3.63, 3.8) is 0 Å². The highest BCUT2D eigenvalue weighted by Crippen LogP contribution is 2.68. The van der Waals surface area contributed by atoms with Crippen LogP contribution in [0.4, 0.5) is 0 Å². The highest BCUT2D eigenvalue weighted by Gasteiger charge is 2.70. The number of thiazole rings is 1. The molecule has 4 atom stereocenters. The van der Waals surface area contributed by atoms with E-state index in [9.17, 15) is 9.90 Å². The molecule has 2 N–H and O–H groups in total.